The van der Waals surface area contributed by atoms with Crippen LogP contribution in [0.25, 0.3) is 0 Å². The lowest BCUT2D eigenvalue weighted by molar-refractivity contribution is -0.137. The fraction of sp³-hybridized carbons (Fsp3) is 0.391. The second kappa shape index (κ2) is 7.19. The molecular formula is C23H20F3N3O2. The van der Waals surface area contributed by atoms with Crippen LogP contribution >= 0.6 is 0 Å². The Morgan fingerprint density at radius 2 is 1.65 bits per heavy atom. The lowest BCUT2D eigenvalue weighted by Gasteiger charge is -2.32. The first-order valence-corrected chi connectivity index (χ1v) is 10.4. The number of rotatable bonds is 2. The number of amides is 2. The van der Waals surface area contributed by atoms with Gasteiger partial charge in [0.1, 0.15) is 5.75 Å². The van der Waals surface area contributed by atoms with E-state index in [0.29, 0.717) is 6.61 Å². The minimum Gasteiger partial charge on any atom is -0.493 e. The Balaban J connectivity index is 1.57. The van der Waals surface area contributed by atoms with E-state index in [1.165, 1.54) is 11.0 Å². The fourth-order valence-corrected chi connectivity index (χ4v) is 5.03. The van der Waals surface area contributed by atoms with Gasteiger partial charge in [-0.3, -0.25) is 9.80 Å². The minimum absolute atomic E-state index is 0.105. The second-order valence-corrected chi connectivity index (χ2v) is 8.17. The number of anilines is 2. The number of urea groups is 1. The Kier molecular flexibility index (Phi) is 4.58. The fourth-order valence-electron chi connectivity index (χ4n) is 5.03. The average Bonchev–Trinajstić information content (AvgIpc) is 3.33. The molecule has 8 heteroatoms. The summed E-state index contributed by atoms with van der Waals surface area (Å²) in [6, 6.07) is 10.1. The molecule has 0 N–H and O–H groups in total. The average molecular weight is 427 g/mol. The van der Waals surface area contributed by atoms with Crippen LogP contribution in [0.1, 0.15) is 42.4 Å². The Labute approximate surface area is 177 Å². The van der Waals surface area contributed by atoms with Crippen molar-refractivity contribution in [2.45, 2.75) is 50.4 Å². The molecule has 2 aromatic rings. The summed E-state index contributed by atoms with van der Waals surface area (Å²) in [6.07, 6.45) is -0.499. The molecular weight excluding hydrogens is 407 g/mol. The third-order valence-corrected chi connectivity index (χ3v) is 6.43. The monoisotopic (exact) mass is 427 g/mol. The van der Waals surface area contributed by atoms with Crippen LogP contribution in [0, 0.1) is 11.3 Å². The van der Waals surface area contributed by atoms with Crippen molar-refractivity contribution in [1.82, 2.24) is 0 Å². The van der Waals surface area contributed by atoms with E-state index in [9.17, 15) is 18.0 Å². The van der Waals surface area contributed by atoms with Crippen LogP contribution in [0.3, 0.4) is 0 Å². The standard InChI is InChI=1S/C23H20F3N3O2/c24-23(25,26)18-12-17(6-5-15(18)13-27)29-20-4-2-1-3-19(20)28(22(29)30)16-7-8-21-14(11-16)9-10-31-21/h5-8,11-12,19-20H,1-4,9-10H2/t19-,20-/m0/s1. The number of benzene rings is 2. The highest BCUT2D eigenvalue weighted by atomic mass is 19.4. The first-order valence-electron chi connectivity index (χ1n) is 10.4. The van der Waals surface area contributed by atoms with Gasteiger partial charge < -0.3 is 4.74 Å². The van der Waals surface area contributed by atoms with Crippen LogP contribution in [0.2, 0.25) is 0 Å². The number of carbonyl (C=O) groups excluding carboxylic acids is 1. The van der Waals surface area contributed by atoms with Crippen LogP contribution in [0.5, 0.6) is 5.75 Å². The van der Waals surface area contributed by atoms with Crippen LogP contribution in [0.4, 0.5) is 29.3 Å². The zero-order valence-corrected chi connectivity index (χ0v) is 16.7. The summed E-state index contributed by atoms with van der Waals surface area (Å²) in [4.78, 5) is 16.8. The lowest BCUT2D eigenvalue weighted by atomic mass is 9.89. The van der Waals surface area contributed by atoms with Gasteiger partial charge in [0.2, 0.25) is 0 Å². The molecule has 2 heterocycles. The molecule has 0 radical (unpaired) electrons. The highest BCUT2D eigenvalue weighted by molar-refractivity contribution is 6.07. The number of nitriles is 1. The van der Waals surface area contributed by atoms with Crippen molar-refractivity contribution in [1.29, 1.82) is 5.26 Å². The quantitative estimate of drug-likeness (QED) is 0.656. The predicted octanol–water partition coefficient (Wildman–Crippen LogP) is 5.27. The summed E-state index contributed by atoms with van der Waals surface area (Å²) in [7, 11) is 0. The zero-order chi connectivity index (χ0) is 21.8. The zero-order valence-electron chi connectivity index (χ0n) is 16.7. The van der Waals surface area contributed by atoms with Crippen molar-refractivity contribution < 1.29 is 22.7 Å². The number of hydrogen-bond donors (Lipinski definition) is 0. The Bertz CT molecular complexity index is 1090. The van der Waals surface area contributed by atoms with E-state index in [4.69, 9.17) is 10.00 Å². The van der Waals surface area contributed by atoms with Gasteiger partial charge in [0.05, 0.1) is 35.9 Å². The number of ether oxygens (including phenoxy) is 1. The maximum absolute atomic E-state index is 13.6. The summed E-state index contributed by atoms with van der Waals surface area (Å²) >= 11 is 0. The Morgan fingerprint density at radius 3 is 2.29 bits per heavy atom. The van der Waals surface area contributed by atoms with Crippen LogP contribution in [-0.2, 0) is 12.6 Å². The molecule has 1 saturated heterocycles. The van der Waals surface area contributed by atoms with E-state index in [0.717, 1.165) is 61.2 Å². The molecule has 3 aliphatic rings. The molecule has 2 aliphatic heterocycles. The van der Waals surface area contributed by atoms with Crippen molar-refractivity contribution >= 4 is 17.4 Å². The molecule has 0 aromatic heterocycles. The van der Waals surface area contributed by atoms with Crippen molar-refractivity contribution in [3.8, 4) is 11.8 Å². The van der Waals surface area contributed by atoms with E-state index in [1.54, 1.807) is 11.0 Å². The molecule has 31 heavy (non-hydrogen) atoms. The van der Waals surface area contributed by atoms with E-state index < -0.39 is 17.3 Å². The van der Waals surface area contributed by atoms with Gasteiger partial charge in [-0.1, -0.05) is 12.8 Å². The number of halogens is 3. The molecule has 160 valence electrons. The molecule has 0 spiro atoms. The highest BCUT2D eigenvalue weighted by Crippen LogP contribution is 2.43. The first-order chi connectivity index (χ1) is 14.9. The van der Waals surface area contributed by atoms with Gasteiger partial charge in [-0.15, -0.1) is 0 Å². The van der Waals surface area contributed by atoms with Gasteiger partial charge in [0.25, 0.3) is 0 Å². The van der Waals surface area contributed by atoms with Crippen LogP contribution in [0.15, 0.2) is 36.4 Å². The van der Waals surface area contributed by atoms with Gasteiger partial charge in [-0.05, 0) is 54.8 Å². The van der Waals surface area contributed by atoms with Gasteiger partial charge in [0, 0.05) is 17.8 Å². The third-order valence-electron chi connectivity index (χ3n) is 6.43. The maximum atomic E-state index is 13.6. The SMILES string of the molecule is N#Cc1ccc(N2C(=O)N(c3ccc4c(c3)CCO4)[C@H]3CCCC[C@@H]32)cc1C(F)(F)F. The lowest BCUT2D eigenvalue weighted by Crippen LogP contribution is -2.40. The van der Waals surface area contributed by atoms with Crippen LogP contribution < -0.4 is 14.5 Å². The number of fused-ring (bicyclic) bond motifs is 2. The molecule has 5 rings (SSSR count). The van der Waals surface area contributed by atoms with Crippen molar-refractivity contribution in [3.63, 3.8) is 0 Å². The van der Waals surface area contributed by atoms with Gasteiger partial charge in [-0.2, -0.15) is 18.4 Å². The minimum atomic E-state index is -4.67. The molecule has 2 aromatic carbocycles. The number of nitrogens with zero attached hydrogens (tertiary/aromatic N) is 3. The number of hydrogen-bond acceptors (Lipinski definition) is 3. The molecule has 2 amide bonds. The summed E-state index contributed by atoms with van der Waals surface area (Å²) in [5.74, 6) is 0.814. The van der Waals surface area contributed by atoms with Gasteiger partial charge in [0.15, 0.2) is 0 Å². The summed E-state index contributed by atoms with van der Waals surface area (Å²) in [5, 5.41) is 9.10. The van der Waals surface area contributed by atoms with Crippen LogP contribution in [-0.4, -0.2) is 24.7 Å². The van der Waals surface area contributed by atoms with E-state index in [2.05, 4.69) is 0 Å². The Hall–Kier alpha value is -3.21. The Morgan fingerprint density at radius 1 is 1.00 bits per heavy atom. The molecule has 5 nitrogen and oxygen atoms in total. The topological polar surface area (TPSA) is 56.6 Å². The third kappa shape index (κ3) is 3.19. The van der Waals surface area contributed by atoms with Crippen molar-refractivity contribution in [2.24, 2.45) is 0 Å². The van der Waals surface area contributed by atoms with Gasteiger partial charge >= 0.3 is 12.2 Å². The largest absolute Gasteiger partial charge is 0.493 e. The normalized spacial score (nSPS) is 22.7. The van der Waals surface area contributed by atoms with Crippen molar-refractivity contribution in [3.05, 3.63) is 53.1 Å². The number of carbonyl (C=O) groups is 1. The molecule has 0 bridgehead atoms. The molecule has 0 unspecified atom stereocenters. The first kappa shape index (κ1) is 19.7. The van der Waals surface area contributed by atoms with E-state index in [1.807, 2.05) is 18.2 Å². The molecule has 1 aliphatic carbocycles. The summed E-state index contributed by atoms with van der Waals surface area (Å²) < 4.78 is 46.1. The number of alkyl halides is 3. The van der Waals surface area contributed by atoms with E-state index in [-0.39, 0.29) is 23.8 Å². The van der Waals surface area contributed by atoms with Crippen molar-refractivity contribution in [2.75, 3.05) is 16.4 Å². The second-order valence-electron chi connectivity index (χ2n) is 8.17. The molecule has 2 fully saturated rings. The maximum Gasteiger partial charge on any atom is 0.417 e. The highest BCUT2D eigenvalue weighted by Gasteiger charge is 2.48. The predicted molar refractivity (Wildman–Crippen MR) is 108 cm³/mol. The molecule has 2 atom stereocenters. The summed E-state index contributed by atoms with van der Waals surface area (Å²) in [5.41, 5.74) is 0.506. The smallest absolute Gasteiger partial charge is 0.417 e. The van der Waals surface area contributed by atoms with Gasteiger partial charge in [-0.25, -0.2) is 4.79 Å². The summed E-state index contributed by atoms with van der Waals surface area (Å²) in [6.45, 7) is 0.608. The van der Waals surface area contributed by atoms with E-state index >= 15 is 0 Å². The molecule has 1 saturated carbocycles.